The first-order valence-corrected chi connectivity index (χ1v) is 7.58. The summed E-state index contributed by atoms with van der Waals surface area (Å²) in [5.74, 6) is 0.749. The molecule has 0 aromatic heterocycles. The van der Waals surface area contributed by atoms with Crippen LogP contribution in [0.2, 0.25) is 0 Å². The molecule has 19 heavy (non-hydrogen) atoms. The van der Waals surface area contributed by atoms with E-state index < -0.39 is 0 Å². The van der Waals surface area contributed by atoms with E-state index in [1.807, 2.05) is 20.8 Å². The summed E-state index contributed by atoms with van der Waals surface area (Å²) in [6, 6.07) is 0.403. The number of nitrogens with one attached hydrogen (secondary N) is 2. The number of amides is 1. The van der Waals surface area contributed by atoms with E-state index in [-0.39, 0.29) is 11.4 Å². The molecule has 1 fully saturated rings. The lowest BCUT2D eigenvalue weighted by atomic mass is 9.91. The zero-order valence-corrected chi connectivity index (χ0v) is 13.3. The van der Waals surface area contributed by atoms with Crippen LogP contribution in [-0.2, 0) is 4.79 Å². The molecule has 4 heteroatoms. The van der Waals surface area contributed by atoms with E-state index in [9.17, 15) is 4.79 Å². The highest BCUT2D eigenvalue weighted by Crippen LogP contribution is 2.19. The fourth-order valence-corrected chi connectivity index (χ4v) is 2.67. The van der Waals surface area contributed by atoms with E-state index in [1.54, 1.807) is 0 Å². The monoisotopic (exact) mass is 269 g/mol. The Morgan fingerprint density at radius 2 is 2.11 bits per heavy atom. The molecule has 4 nitrogen and oxygen atoms in total. The molecule has 0 radical (unpaired) electrons. The van der Waals surface area contributed by atoms with Crippen LogP contribution in [0.25, 0.3) is 0 Å². The van der Waals surface area contributed by atoms with E-state index in [4.69, 9.17) is 0 Å². The van der Waals surface area contributed by atoms with Crippen LogP contribution in [0, 0.1) is 5.92 Å². The third kappa shape index (κ3) is 6.39. The minimum absolute atomic E-state index is 0.0857. The maximum atomic E-state index is 11.8. The fraction of sp³-hybridized carbons (Fsp3) is 0.933. The molecule has 0 aromatic carbocycles. The zero-order valence-electron chi connectivity index (χ0n) is 13.3. The molecular formula is C15H31N3O. The van der Waals surface area contributed by atoms with Crippen LogP contribution in [0.15, 0.2) is 0 Å². The summed E-state index contributed by atoms with van der Waals surface area (Å²) < 4.78 is 0. The maximum absolute atomic E-state index is 11.8. The number of likely N-dealkylation sites (tertiary alicyclic amines) is 1. The third-order valence-electron chi connectivity index (χ3n) is 3.80. The lowest BCUT2D eigenvalue weighted by Crippen LogP contribution is -2.49. The first-order valence-electron chi connectivity index (χ1n) is 7.58. The molecule has 2 N–H and O–H groups in total. The van der Waals surface area contributed by atoms with Gasteiger partial charge in [0.05, 0.1) is 6.54 Å². The quantitative estimate of drug-likeness (QED) is 0.797. The molecular weight excluding hydrogens is 238 g/mol. The summed E-state index contributed by atoms with van der Waals surface area (Å²) in [7, 11) is 0. The molecule has 1 amide bonds. The highest BCUT2D eigenvalue weighted by Gasteiger charge is 2.24. The van der Waals surface area contributed by atoms with Crippen LogP contribution in [0.5, 0.6) is 0 Å². The van der Waals surface area contributed by atoms with Crippen molar-refractivity contribution in [3.05, 3.63) is 0 Å². The number of hydrogen-bond acceptors (Lipinski definition) is 3. The molecule has 0 spiro atoms. The average Bonchev–Trinajstić information content (AvgIpc) is 2.34. The molecule has 1 aliphatic rings. The van der Waals surface area contributed by atoms with Gasteiger partial charge in [0, 0.05) is 18.1 Å². The Hall–Kier alpha value is -0.610. The molecule has 0 aromatic rings. The Kier molecular flexibility index (Phi) is 6.27. The van der Waals surface area contributed by atoms with Crippen LogP contribution in [0.1, 0.15) is 47.5 Å². The number of carbonyl (C=O) groups excluding carboxylic acids is 1. The smallest absolute Gasteiger partial charge is 0.234 e. The van der Waals surface area contributed by atoms with E-state index in [0.717, 1.165) is 13.1 Å². The van der Waals surface area contributed by atoms with Gasteiger partial charge in [-0.1, -0.05) is 6.92 Å². The lowest BCUT2D eigenvalue weighted by molar-refractivity contribution is -0.121. The van der Waals surface area contributed by atoms with E-state index in [1.165, 1.54) is 19.4 Å². The first kappa shape index (κ1) is 16.4. The van der Waals surface area contributed by atoms with Crippen molar-refractivity contribution >= 4 is 5.91 Å². The summed E-state index contributed by atoms with van der Waals surface area (Å²) in [5, 5.41) is 6.37. The van der Waals surface area contributed by atoms with Gasteiger partial charge in [0.2, 0.25) is 5.91 Å². The summed E-state index contributed by atoms with van der Waals surface area (Å²) in [5.41, 5.74) is -0.147. The van der Waals surface area contributed by atoms with Gasteiger partial charge in [0.25, 0.3) is 0 Å². The minimum Gasteiger partial charge on any atom is -0.350 e. The Balaban J connectivity index is 2.30. The van der Waals surface area contributed by atoms with E-state index >= 15 is 0 Å². The predicted octanol–water partition coefficient (Wildman–Crippen LogP) is 1.61. The summed E-state index contributed by atoms with van der Waals surface area (Å²) in [6.07, 6.45) is 2.55. The van der Waals surface area contributed by atoms with Crippen LogP contribution in [0.3, 0.4) is 0 Å². The molecule has 1 aliphatic heterocycles. The van der Waals surface area contributed by atoms with E-state index in [2.05, 4.69) is 29.4 Å². The van der Waals surface area contributed by atoms with Crippen molar-refractivity contribution in [3.63, 3.8) is 0 Å². The van der Waals surface area contributed by atoms with Gasteiger partial charge in [-0.3, -0.25) is 4.79 Å². The normalized spacial score (nSPS) is 23.1. The van der Waals surface area contributed by atoms with Gasteiger partial charge in [-0.05, 0) is 59.5 Å². The second kappa shape index (κ2) is 7.25. The number of piperidine rings is 1. The standard InChI is InChI=1S/C15H31N3O/c1-6-18-9-7-8-13(11-18)12(2)16-10-14(19)17-15(3,4)5/h12-13,16H,6-11H2,1-5H3,(H,17,19). The highest BCUT2D eigenvalue weighted by atomic mass is 16.2. The van der Waals surface area contributed by atoms with Crippen molar-refractivity contribution in [1.82, 2.24) is 15.5 Å². The van der Waals surface area contributed by atoms with Gasteiger partial charge in [0.1, 0.15) is 0 Å². The molecule has 0 aliphatic carbocycles. The molecule has 0 bridgehead atoms. The van der Waals surface area contributed by atoms with Crippen molar-refractivity contribution in [3.8, 4) is 0 Å². The molecule has 1 rings (SSSR count). The second-order valence-corrected chi connectivity index (χ2v) is 6.76. The molecule has 0 saturated carbocycles. The number of hydrogen-bond donors (Lipinski definition) is 2. The van der Waals surface area contributed by atoms with Gasteiger partial charge in [-0.2, -0.15) is 0 Å². The average molecular weight is 269 g/mol. The second-order valence-electron chi connectivity index (χ2n) is 6.76. The van der Waals surface area contributed by atoms with Crippen molar-refractivity contribution < 1.29 is 4.79 Å². The SMILES string of the molecule is CCN1CCCC(C(C)NCC(=O)NC(C)(C)C)C1. The Bertz CT molecular complexity index is 286. The van der Waals surface area contributed by atoms with Gasteiger partial charge in [-0.15, -0.1) is 0 Å². The highest BCUT2D eigenvalue weighted by molar-refractivity contribution is 5.78. The summed E-state index contributed by atoms with van der Waals surface area (Å²) in [4.78, 5) is 14.3. The number of rotatable bonds is 5. The van der Waals surface area contributed by atoms with Crippen molar-refractivity contribution in [2.75, 3.05) is 26.2 Å². The Morgan fingerprint density at radius 3 is 2.68 bits per heavy atom. The summed E-state index contributed by atoms with van der Waals surface area (Å²) >= 11 is 0. The van der Waals surface area contributed by atoms with Crippen molar-refractivity contribution in [1.29, 1.82) is 0 Å². The van der Waals surface area contributed by atoms with Gasteiger partial charge >= 0.3 is 0 Å². The summed E-state index contributed by atoms with van der Waals surface area (Å²) in [6.45, 7) is 14.4. The third-order valence-corrected chi connectivity index (χ3v) is 3.80. The molecule has 1 saturated heterocycles. The van der Waals surface area contributed by atoms with Crippen LogP contribution < -0.4 is 10.6 Å². The van der Waals surface area contributed by atoms with Gasteiger partial charge in [0.15, 0.2) is 0 Å². The Labute approximate surface area is 118 Å². The van der Waals surface area contributed by atoms with Crippen molar-refractivity contribution in [2.24, 2.45) is 5.92 Å². The van der Waals surface area contributed by atoms with Crippen LogP contribution in [0.4, 0.5) is 0 Å². The van der Waals surface area contributed by atoms with Gasteiger partial charge in [-0.25, -0.2) is 0 Å². The molecule has 2 atom stereocenters. The fourth-order valence-electron chi connectivity index (χ4n) is 2.67. The van der Waals surface area contributed by atoms with Crippen LogP contribution in [-0.4, -0.2) is 48.6 Å². The predicted molar refractivity (Wildman–Crippen MR) is 80.2 cm³/mol. The topological polar surface area (TPSA) is 44.4 Å². The number of carbonyl (C=O) groups is 1. The molecule has 112 valence electrons. The lowest BCUT2D eigenvalue weighted by Gasteiger charge is -2.35. The zero-order chi connectivity index (χ0) is 14.5. The van der Waals surface area contributed by atoms with Gasteiger partial charge < -0.3 is 15.5 Å². The van der Waals surface area contributed by atoms with E-state index in [0.29, 0.717) is 18.5 Å². The minimum atomic E-state index is -0.147. The van der Waals surface area contributed by atoms with Crippen molar-refractivity contribution in [2.45, 2.75) is 59.0 Å². The largest absolute Gasteiger partial charge is 0.350 e. The first-order chi connectivity index (χ1) is 8.81. The maximum Gasteiger partial charge on any atom is 0.234 e. The molecule has 2 unspecified atom stereocenters. The molecule has 1 heterocycles. The Morgan fingerprint density at radius 1 is 1.42 bits per heavy atom. The number of nitrogens with zero attached hydrogens (tertiary/aromatic N) is 1. The van der Waals surface area contributed by atoms with Crippen LogP contribution >= 0.6 is 0 Å².